The number of aromatic amines is 1. The summed E-state index contributed by atoms with van der Waals surface area (Å²) in [6, 6.07) is -0.577. The number of aromatic nitrogens is 4. The molecule has 1 aliphatic heterocycles. The number of hydrogen-bond acceptors (Lipinski definition) is 6. The topological polar surface area (TPSA) is 110 Å². The van der Waals surface area contributed by atoms with Crippen LogP contribution in [-0.2, 0) is 16.2 Å². The Labute approximate surface area is 73.0 Å². The Hall–Kier alpha value is -1.54. The number of amides is 1. The zero-order valence-corrected chi connectivity index (χ0v) is 6.67. The molecular formula is C5H8N6O2. The summed E-state index contributed by atoms with van der Waals surface area (Å²) in [7, 11) is 0. The summed E-state index contributed by atoms with van der Waals surface area (Å²) in [4.78, 5) is 16.2. The number of carbonyl (C=O) groups is 1. The zero-order valence-electron chi connectivity index (χ0n) is 6.67. The van der Waals surface area contributed by atoms with Crippen molar-refractivity contribution in [3.8, 4) is 0 Å². The molecule has 0 spiro atoms. The zero-order chi connectivity index (χ0) is 9.26. The van der Waals surface area contributed by atoms with Crippen LogP contribution in [0.5, 0.6) is 0 Å². The second-order valence-electron chi connectivity index (χ2n) is 2.61. The van der Waals surface area contributed by atoms with E-state index in [0.717, 1.165) is 5.06 Å². The van der Waals surface area contributed by atoms with Gasteiger partial charge in [-0.3, -0.25) is 9.63 Å². The van der Waals surface area contributed by atoms with Gasteiger partial charge in [0.15, 0.2) is 5.82 Å². The Morgan fingerprint density at radius 3 is 3.15 bits per heavy atom. The number of rotatable bonds is 2. The summed E-state index contributed by atoms with van der Waals surface area (Å²) in [6.45, 7) is 0.375. The molecule has 1 unspecified atom stereocenters. The van der Waals surface area contributed by atoms with Crippen LogP contribution in [0.2, 0.25) is 0 Å². The van der Waals surface area contributed by atoms with Crippen LogP contribution in [-0.4, -0.2) is 44.2 Å². The van der Waals surface area contributed by atoms with Gasteiger partial charge in [-0.15, -0.1) is 10.2 Å². The van der Waals surface area contributed by atoms with Gasteiger partial charge in [-0.05, 0) is 0 Å². The lowest BCUT2D eigenvalue weighted by Crippen LogP contribution is -2.34. The minimum Gasteiger partial charge on any atom is -0.318 e. The van der Waals surface area contributed by atoms with E-state index >= 15 is 0 Å². The smallest absolute Gasteiger partial charge is 0.265 e. The Bertz CT molecular complexity index is 298. The molecule has 8 nitrogen and oxygen atoms in total. The van der Waals surface area contributed by atoms with Crippen molar-refractivity contribution in [1.29, 1.82) is 0 Å². The number of nitrogens with one attached hydrogen (secondary N) is 1. The molecule has 1 saturated heterocycles. The van der Waals surface area contributed by atoms with E-state index in [0.29, 0.717) is 5.82 Å². The number of tetrazole rings is 1. The second kappa shape index (κ2) is 3.07. The fraction of sp³-hybridized carbons (Fsp3) is 0.600. The number of nitrogens with two attached hydrogens (primary N) is 1. The van der Waals surface area contributed by atoms with E-state index in [4.69, 9.17) is 10.6 Å². The minimum absolute atomic E-state index is 0.170. The number of nitrogens with zero attached hydrogens (tertiary/aromatic N) is 4. The fourth-order valence-corrected chi connectivity index (χ4v) is 0.992. The summed E-state index contributed by atoms with van der Waals surface area (Å²) in [5, 5.41) is 14.1. The molecule has 2 rings (SSSR count). The van der Waals surface area contributed by atoms with Gasteiger partial charge >= 0.3 is 0 Å². The van der Waals surface area contributed by atoms with Crippen molar-refractivity contribution in [3.63, 3.8) is 0 Å². The highest BCUT2D eigenvalue weighted by molar-refractivity contribution is 5.82. The third-order valence-electron chi connectivity index (χ3n) is 1.65. The van der Waals surface area contributed by atoms with Crippen LogP contribution >= 0.6 is 0 Å². The van der Waals surface area contributed by atoms with Crippen molar-refractivity contribution < 1.29 is 9.63 Å². The summed E-state index contributed by atoms with van der Waals surface area (Å²) in [5.74, 6) is 0.132. The van der Waals surface area contributed by atoms with Crippen molar-refractivity contribution in [1.82, 2.24) is 25.7 Å². The molecule has 70 valence electrons. The quantitative estimate of drug-likeness (QED) is 0.539. The summed E-state index contributed by atoms with van der Waals surface area (Å²) < 4.78 is 0. The highest BCUT2D eigenvalue weighted by Gasteiger charge is 2.30. The van der Waals surface area contributed by atoms with Crippen molar-refractivity contribution in [2.75, 3.05) is 6.61 Å². The van der Waals surface area contributed by atoms with Gasteiger partial charge in [0, 0.05) is 0 Å². The fourth-order valence-electron chi connectivity index (χ4n) is 0.992. The van der Waals surface area contributed by atoms with Gasteiger partial charge in [0.05, 0.1) is 6.61 Å². The van der Waals surface area contributed by atoms with Gasteiger partial charge in [-0.1, -0.05) is 5.21 Å². The minimum atomic E-state index is -0.577. The van der Waals surface area contributed by atoms with Crippen molar-refractivity contribution >= 4 is 5.91 Å². The van der Waals surface area contributed by atoms with Gasteiger partial charge in [-0.25, -0.2) is 5.06 Å². The van der Waals surface area contributed by atoms with Crippen molar-refractivity contribution in [2.24, 2.45) is 5.73 Å². The molecule has 0 aromatic carbocycles. The van der Waals surface area contributed by atoms with Gasteiger partial charge < -0.3 is 5.73 Å². The van der Waals surface area contributed by atoms with Crippen LogP contribution < -0.4 is 5.73 Å². The van der Waals surface area contributed by atoms with Crippen LogP contribution in [0, 0.1) is 0 Å². The highest BCUT2D eigenvalue weighted by Crippen LogP contribution is 2.08. The average molecular weight is 184 g/mol. The number of hydrogen-bond donors (Lipinski definition) is 2. The van der Waals surface area contributed by atoms with Crippen LogP contribution in [0.3, 0.4) is 0 Å². The van der Waals surface area contributed by atoms with E-state index in [1.165, 1.54) is 0 Å². The third kappa shape index (κ3) is 1.48. The Morgan fingerprint density at radius 2 is 2.62 bits per heavy atom. The molecule has 1 aromatic rings. The maximum Gasteiger partial charge on any atom is 0.265 e. The largest absolute Gasteiger partial charge is 0.318 e. The van der Waals surface area contributed by atoms with Crippen LogP contribution in [0.4, 0.5) is 0 Å². The molecule has 1 fully saturated rings. The van der Waals surface area contributed by atoms with Crippen molar-refractivity contribution in [3.05, 3.63) is 5.82 Å². The van der Waals surface area contributed by atoms with Gasteiger partial charge in [-0.2, -0.15) is 5.21 Å². The van der Waals surface area contributed by atoms with Gasteiger partial charge in [0.2, 0.25) is 0 Å². The molecule has 1 atom stereocenters. The van der Waals surface area contributed by atoms with Crippen LogP contribution in [0.15, 0.2) is 0 Å². The number of hydroxylamine groups is 2. The lowest BCUT2D eigenvalue weighted by molar-refractivity contribution is -0.165. The summed E-state index contributed by atoms with van der Waals surface area (Å²) >= 11 is 0. The average Bonchev–Trinajstić information content (AvgIpc) is 2.71. The second-order valence-corrected chi connectivity index (χ2v) is 2.61. The van der Waals surface area contributed by atoms with E-state index in [1.54, 1.807) is 0 Å². The van der Waals surface area contributed by atoms with E-state index in [9.17, 15) is 4.79 Å². The highest BCUT2D eigenvalue weighted by atomic mass is 16.7. The molecule has 0 saturated carbocycles. The maximum absolute atomic E-state index is 11.2. The monoisotopic (exact) mass is 184 g/mol. The van der Waals surface area contributed by atoms with Crippen LogP contribution in [0.1, 0.15) is 5.82 Å². The van der Waals surface area contributed by atoms with Gasteiger partial charge in [0.25, 0.3) is 5.91 Å². The first-order valence-electron chi connectivity index (χ1n) is 3.69. The maximum atomic E-state index is 11.2. The normalized spacial score (nSPS) is 22.7. The number of H-pyrrole nitrogens is 1. The predicted octanol–water partition coefficient (Wildman–Crippen LogP) is -2.20. The van der Waals surface area contributed by atoms with E-state index in [-0.39, 0.29) is 19.1 Å². The lowest BCUT2D eigenvalue weighted by atomic mass is 10.3. The Morgan fingerprint density at radius 1 is 1.77 bits per heavy atom. The SMILES string of the molecule is NC1CON(Cc2nn[nH]n2)C1=O. The van der Waals surface area contributed by atoms with Crippen molar-refractivity contribution in [2.45, 2.75) is 12.6 Å². The molecule has 1 aromatic heterocycles. The molecule has 2 heterocycles. The molecule has 0 aliphatic carbocycles. The third-order valence-corrected chi connectivity index (χ3v) is 1.65. The molecule has 1 aliphatic rings. The number of carbonyl (C=O) groups excluding carboxylic acids is 1. The Kier molecular flexibility index (Phi) is 1.91. The first-order chi connectivity index (χ1) is 6.27. The molecule has 1 amide bonds. The molecule has 0 radical (unpaired) electrons. The molecule has 13 heavy (non-hydrogen) atoms. The lowest BCUT2D eigenvalue weighted by Gasteiger charge is -2.10. The standard InChI is InChI=1S/C5H8N6O2/c6-3-2-13-11(5(3)12)1-4-7-9-10-8-4/h3H,1-2,6H2,(H,7,8,9,10). The van der Waals surface area contributed by atoms with Crippen LogP contribution in [0.25, 0.3) is 0 Å². The molecular weight excluding hydrogens is 176 g/mol. The van der Waals surface area contributed by atoms with E-state index in [1.807, 2.05) is 0 Å². The predicted molar refractivity (Wildman–Crippen MR) is 38.7 cm³/mol. The van der Waals surface area contributed by atoms with E-state index in [2.05, 4.69) is 20.6 Å². The first kappa shape index (κ1) is 8.08. The summed E-state index contributed by atoms with van der Waals surface area (Å²) in [5.41, 5.74) is 5.42. The molecule has 3 N–H and O–H groups in total. The van der Waals surface area contributed by atoms with Gasteiger partial charge in [0.1, 0.15) is 12.6 Å². The summed E-state index contributed by atoms with van der Waals surface area (Å²) in [6.07, 6.45) is 0. The molecule has 0 bridgehead atoms. The Balaban J connectivity index is 2.00. The van der Waals surface area contributed by atoms with E-state index < -0.39 is 6.04 Å². The first-order valence-corrected chi connectivity index (χ1v) is 3.69. The molecule has 8 heteroatoms.